The van der Waals surface area contributed by atoms with E-state index in [1.807, 2.05) is 0 Å². The summed E-state index contributed by atoms with van der Waals surface area (Å²) in [5.41, 5.74) is 1.35. The maximum absolute atomic E-state index is 12.1. The summed E-state index contributed by atoms with van der Waals surface area (Å²) in [7, 11) is 0. The molecule has 0 aliphatic heterocycles. The number of nitrogens with one attached hydrogen (secondary N) is 1. The van der Waals surface area contributed by atoms with Gasteiger partial charge in [0.15, 0.2) is 0 Å². The summed E-state index contributed by atoms with van der Waals surface area (Å²) in [6.45, 7) is 1.92. The molecule has 0 amide bonds. The Morgan fingerprint density at radius 3 is 2.95 bits per heavy atom. The third-order valence-corrected chi connectivity index (χ3v) is 3.15. The zero-order chi connectivity index (χ0) is 15.0. The van der Waals surface area contributed by atoms with Crippen LogP contribution in [0.2, 0.25) is 0 Å². The van der Waals surface area contributed by atoms with Crippen molar-refractivity contribution in [2.75, 3.05) is 0 Å². The van der Waals surface area contributed by atoms with Crippen LogP contribution in [0.15, 0.2) is 41.5 Å². The lowest BCUT2D eigenvalue weighted by Gasteiger charge is -1.99. The molecule has 0 atom stereocenters. The van der Waals surface area contributed by atoms with Crippen LogP contribution in [-0.4, -0.2) is 19.8 Å². The maximum atomic E-state index is 12.1. The molecule has 1 aromatic carbocycles. The van der Waals surface area contributed by atoms with Crippen molar-refractivity contribution in [2.24, 2.45) is 0 Å². The third-order valence-electron chi connectivity index (χ3n) is 3.15. The Balaban J connectivity index is 2.12. The Hall–Kier alpha value is -3.03. The van der Waals surface area contributed by atoms with Crippen LogP contribution in [0.3, 0.4) is 0 Å². The first kappa shape index (κ1) is 13.0. The molecular weight excluding hydrogens is 274 g/mol. The topological polar surface area (TPSA) is 97.9 Å². The summed E-state index contributed by atoms with van der Waals surface area (Å²) in [5, 5.41) is 18.1. The minimum absolute atomic E-state index is 0.00897. The molecule has 0 saturated carbocycles. The van der Waals surface area contributed by atoms with Crippen LogP contribution in [0.4, 0.5) is 5.69 Å². The van der Waals surface area contributed by atoms with Gasteiger partial charge in [0.1, 0.15) is 6.54 Å². The lowest BCUT2D eigenvalue weighted by Crippen LogP contribution is -2.32. The van der Waals surface area contributed by atoms with E-state index in [-0.39, 0.29) is 17.7 Å². The van der Waals surface area contributed by atoms with E-state index >= 15 is 0 Å². The molecule has 1 N–H and O–H groups in total. The Bertz CT molecular complexity index is 896. The van der Waals surface area contributed by atoms with Crippen molar-refractivity contribution in [2.45, 2.75) is 13.5 Å². The van der Waals surface area contributed by atoms with E-state index in [9.17, 15) is 14.9 Å². The lowest BCUT2D eigenvalue weighted by molar-refractivity contribution is -0.582. The Kier molecular flexibility index (Phi) is 2.98. The molecule has 3 rings (SSSR count). The number of hydrogen-bond donors (Lipinski definition) is 1. The number of nitro groups is 1. The highest BCUT2D eigenvalue weighted by molar-refractivity contribution is 5.41. The Labute approximate surface area is 118 Å². The number of aromatic amines is 1. The van der Waals surface area contributed by atoms with Crippen LogP contribution in [0, 0.1) is 17.0 Å². The van der Waals surface area contributed by atoms with Gasteiger partial charge in [-0.25, -0.2) is 5.10 Å². The number of H-pyrrole nitrogens is 1. The van der Waals surface area contributed by atoms with Crippen molar-refractivity contribution in [3.05, 3.63) is 68.3 Å². The summed E-state index contributed by atoms with van der Waals surface area (Å²) in [6.07, 6.45) is 1.47. The minimum Gasteiger partial charge on any atom is -0.282 e. The van der Waals surface area contributed by atoms with Crippen LogP contribution in [0.5, 0.6) is 0 Å². The van der Waals surface area contributed by atoms with Crippen molar-refractivity contribution in [3.63, 3.8) is 0 Å². The summed E-state index contributed by atoms with van der Waals surface area (Å²) >= 11 is 0. The average Bonchev–Trinajstić information content (AvgIpc) is 2.82. The number of nitro benzene ring substituents is 1. The van der Waals surface area contributed by atoms with Crippen LogP contribution in [0.1, 0.15) is 11.3 Å². The zero-order valence-electron chi connectivity index (χ0n) is 11.2. The maximum Gasteiger partial charge on any atom is 0.331 e. The smallest absolute Gasteiger partial charge is 0.282 e. The van der Waals surface area contributed by atoms with Crippen LogP contribution in [0.25, 0.3) is 5.65 Å². The van der Waals surface area contributed by atoms with Crippen LogP contribution in [-0.2, 0) is 6.54 Å². The van der Waals surface area contributed by atoms with Crippen molar-refractivity contribution >= 4 is 11.3 Å². The molecule has 8 nitrogen and oxygen atoms in total. The number of fused-ring (bicyclic) bond motifs is 1. The minimum atomic E-state index is -0.442. The molecule has 0 saturated heterocycles. The first-order chi connectivity index (χ1) is 10.1. The molecule has 0 unspecified atom stereocenters. The molecule has 0 spiro atoms. The molecule has 0 aliphatic rings. The van der Waals surface area contributed by atoms with Gasteiger partial charge >= 0.3 is 5.65 Å². The molecule has 21 heavy (non-hydrogen) atoms. The first-order valence-electron chi connectivity index (χ1n) is 6.25. The van der Waals surface area contributed by atoms with Crippen LogP contribution < -0.4 is 9.94 Å². The molecule has 0 aliphatic carbocycles. The molecule has 3 aromatic rings. The van der Waals surface area contributed by atoms with Gasteiger partial charge in [-0.15, -0.1) is 4.52 Å². The van der Waals surface area contributed by atoms with Gasteiger partial charge in [-0.05, 0) is 13.0 Å². The van der Waals surface area contributed by atoms with Crippen LogP contribution >= 0.6 is 0 Å². The van der Waals surface area contributed by atoms with Crippen molar-refractivity contribution in [1.82, 2.24) is 14.9 Å². The van der Waals surface area contributed by atoms with E-state index in [0.717, 1.165) is 0 Å². The lowest BCUT2D eigenvalue weighted by atomic mass is 10.2. The quantitative estimate of drug-likeness (QED) is 0.432. The normalized spacial score (nSPS) is 10.9. The van der Waals surface area contributed by atoms with Gasteiger partial charge in [-0.3, -0.25) is 14.9 Å². The number of aromatic nitrogens is 4. The largest absolute Gasteiger partial charge is 0.331 e. The third kappa shape index (κ3) is 2.27. The van der Waals surface area contributed by atoms with Crippen molar-refractivity contribution < 1.29 is 9.44 Å². The highest BCUT2D eigenvalue weighted by Gasteiger charge is 2.20. The van der Waals surface area contributed by atoms with E-state index < -0.39 is 4.92 Å². The Morgan fingerprint density at radius 2 is 2.19 bits per heavy atom. The standard InChI is InChI=1S/C13H11N5O3/c1-9-6-12(19)13-16(14-8-17(13)15-9)7-10-4-2-3-5-11(10)18(20)21/h2-6,8H,7H2,1H3/p+1. The predicted octanol–water partition coefficient (Wildman–Crippen LogP) is 0.575. The molecular formula is C13H12N5O3+. The SMILES string of the molecule is Cc1cc(=O)c2n(Cc3ccccc3[N+](=O)[O-])nc[n+]2[nH]1. The van der Waals surface area contributed by atoms with E-state index in [0.29, 0.717) is 16.9 Å². The highest BCUT2D eigenvalue weighted by Crippen LogP contribution is 2.18. The van der Waals surface area contributed by atoms with Gasteiger partial charge in [0, 0.05) is 22.9 Å². The number of para-hydroxylation sites is 1. The molecule has 106 valence electrons. The number of nitrogens with zero attached hydrogens (tertiary/aromatic N) is 4. The van der Waals surface area contributed by atoms with E-state index in [1.54, 1.807) is 25.1 Å². The summed E-state index contributed by atoms with van der Waals surface area (Å²) in [6, 6.07) is 7.87. The second kappa shape index (κ2) is 4.82. The van der Waals surface area contributed by atoms with Gasteiger partial charge in [0.2, 0.25) is 0 Å². The average molecular weight is 286 g/mol. The van der Waals surface area contributed by atoms with E-state index in [2.05, 4.69) is 10.2 Å². The summed E-state index contributed by atoms with van der Waals surface area (Å²) in [5.74, 6) is 0. The predicted molar refractivity (Wildman–Crippen MR) is 72.9 cm³/mol. The number of aryl methyl sites for hydroxylation is 1. The number of rotatable bonds is 3. The van der Waals surface area contributed by atoms with Gasteiger partial charge in [0.05, 0.1) is 10.5 Å². The monoisotopic (exact) mass is 286 g/mol. The molecule has 0 fully saturated rings. The second-order valence-corrected chi connectivity index (χ2v) is 4.67. The van der Waals surface area contributed by atoms with E-state index in [4.69, 9.17) is 0 Å². The first-order valence-corrected chi connectivity index (χ1v) is 6.25. The van der Waals surface area contributed by atoms with Crippen molar-refractivity contribution in [3.8, 4) is 0 Å². The fourth-order valence-corrected chi connectivity index (χ4v) is 2.26. The second-order valence-electron chi connectivity index (χ2n) is 4.67. The number of hydrogen-bond acceptors (Lipinski definition) is 4. The van der Waals surface area contributed by atoms with Gasteiger partial charge < -0.3 is 0 Å². The Morgan fingerprint density at radius 1 is 1.43 bits per heavy atom. The molecule has 2 aromatic heterocycles. The summed E-state index contributed by atoms with van der Waals surface area (Å²) in [4.78, 5) is 22.6. The van der Waals surface area contributed by atoms with Gasteiger partial charge in [-0.1, -0.05) is 16.8 Å². The number of benzene rings is 1. The molecule has 0 radical (unpaired) electrons. The molecule has 2 heterocycles. The fourth-order valence-electron chi connectivity index (χ4n) is 2.26. The summed E-state index contributed by atoms with van der Waals surface area (Å²) < 4.78 is 2.95. The molecule has 0 bridgehead atoms. The molecule has 8 heteroatoms. The van der Waals surface area contributed by atoms with E-state index in [1.165, 1.54) is 27.7 Å². The fraction of sp³-hybridized carbons (Fsp3) is 0.154. The highest BCUT2D eigenvalue weighted by atomic mass is 16.6. The van der Waals surface area contributed by atoms with Crippen molar-refractivity contribution in [1.29, 1.82) is 0 Å². The van der Waals surface area contributed by atoms with Gasteiger partial charge in [0.25, 0.3) is 17.4 Å². The zero-order valence-corrected chi connectivity index (χ0v) is 11.2. The van der Waals surface area contributed by atoms with Gasteiger partial charge in [-0.2, -0.15) is 0 Å².